The summed E-state index contributed by atoms with van der Waals surface area (Å²) in [5, 5.41) is 11.9. The Labute approximate surface area is 172 Å². The lowest BCUT2D eigenvalue weighted by molar-refractivity contribution is 0.123. The van der Waals surface area contributed by atoms with Crippen molar-refractivity contribution in [2.24, 2.45) is 0 Å². The molecule has 1 aliphatic rings. The van der Waals surface area contributed by atoms with Crippen molar-refractivity contribution >= 4 is 22.1 Å². The second-order valence-corrected chi connectivity index (χ2v) is 7.47. The van der Waals surface area contributed by atoms with Gasteiger partial charge in [0.25, 0.3) is 0 Å². The third-order valence-corrected chi connectivity index (χ3v) is 5.36. The van der Waals surface area contributed by atoms with Crippen molar-refractivity contribution in [2.75, 3.05) is 49.7 Å². The Morgan fingerprint density at radius 3 is 2.34 bits per heavy atom. The maximum Gasteiger partial charge on any atom is 0.142 e. The lowest BCUT2D eigenvalue weighted by atomic mass is 10.1. The van der Waals surface area contributed by atoms with Crippen molar-refractivity contribution in [1.29, 1.82) is 0 Å². The summed E-state index contributed by atoms with van der Waals surface area (Å²) in [6, 6.07) is 20.8. The first-order chi connectivity index (χ1) is 14.2. The van der Waals surface area contributed by atoms with E-state index in [0.29, 0.717) is 0 Å². The van der Waals surface area contributed by atoms with E-state index in [-0.39, 0.29) is 6.61 Å². The number of aliphatic hydroxyl groups is 1. The summed E-state index contributed by atoms with van der Waals surface area (Å²) in [6.45, 7) is 5.73. The molecule has 5 heteroatoms. The molecular weight excluding hydrogens is 364 g/mol. The Kier molecular flexibility index (Phi) is 5.76. The van der Waals surface area contributed by atoms with Gasteiger partial charge in [-0.1, -0.05) is 36.4 Å². The quantitative estimate of drug-likeness (QED) is 0.689. The summed E-state index contributed by atoms with van der Waals surface area (Å²) < 4.78 is 11.5. The highest BCUT2D eigenvalue weighted by atomic mass is 16.5. The van der Waals surface area contributed by atoms with Gasteiger partial charge in [0.05, 0.1) is 18.9 Å². The van der Waals surface area contributed by atoms with E-state index in [9.17, 15) is 5.11 Å². The van der Waals surface area contributed by atoms with E-state index in [1.807, 2.05) is 24.3 Å². The van der Waals surface area contributed by atoms with Crippen molar-refractivity contribution < 1.29 is 14.6 Å². The fraction of sp³-hybridized carbons (Fsp3) is 0.333. The normalized spacial score (nSPS) is 15.4. The van der Waals surface area contributed by atoms with Crippen LogP contribution in [0.2, 0.25) is 0 Å². The van der Waals surface area contributed by atoms with Crippen LogP contribution in [0.1, 0.15) is 6.92 Å². The second kappa shape index (κ2) is 8.62. The predicted octanol–water partition coefficient (Wildman–Crippen LogP) is 3.93. The van der Waals surface area contributed by atoms with Gasteiger partial charge in [0, 0.05) is 43.3 Å². The molecule has 0 aliphatic carbocycles. The molecule has 4 rings (SSSR count). The molecule has 1 saturated heterocycles. The smallest absolute Gasteiger partial charge is 0.142 e. The van der Waals surface area contributed by atoms with Crippen molar-refractivity contribution in [3.05, 3.63) is 60.7 Å². The molecule has 3 aromatic rings. The molecule has 0 amide bonds. The Morgan fingerprint density at radius 2 is 1.59 bits per heavy atom. The van der Waals surface area contributed by atoms with Gasteiger partial charge in [0.15, 0.2) is 0 Å². The van der Waals surface area contributed by atoms with Gasteiger partial charge >= 0.3 is 0 Å². The first-order valence-electron chi connectivity index (χ1n) is 10.1. The van der Waals surface area contributed by atoms with Crippen LogP contribution in [0.5, 0.6) is 11.5 Å². The number of methoxy groups -OCH3 is 1. The van der Waals surface area contributed by atoms with Crippen LogP contribution in [0.25, 0.3) is 10.8 Å². The first kappa shape index (κ1) is 19.4. The van der Waals surface area contributed by atoms with E-state index in [1.165, 1.54) is 0 Å². The van der Waals surface area contributed by atoms with Crippen LogP contribution in [0.3, 0.4) is 0 Å². The van der Waals surface area contributed by atoms with Gasteiger partial charge in [-0.25, -0.2) is 0 Å². The highest BCUT2D eigenvalue weighted by Gasteiger charge is 2.21. The molecule has 1 atom stereocenters. The highest BCUT2D eigenvalue weighted by Crippen LogP contribution is 2.34. The van der Waals surface area contributed by atoms with Crippen LogP contribution in [0.15, 0.2) is 60.7 Å². The van der Waals surface area contributed by atoms with Gasteiger partial charge in [-0.2, -0.15) is 0 Å². The predicted molar refractivity (Wildman–Crippen MR) is 119 cm³/mol. The van der Waals surface area contributed by atoms with Crippen LogP contribution in [-0.4, -0.2) is 51.1 Å². The lowest BCUT2D eigenvalue weighted by Crippen LogP contribution is -2.46. The average Bonchev–Trinajstić information content (AvgIpc) is 2.77. The maximum absolute atomic E-state index is 9.63. The lowest BCUT2D eigenvalue weighted by Gasteiger charge is -2.38. The van der Waals surface area contributed by atoms with Gasteiger partial charge in [0.2, 0.25) is 0 Å². The highest BCUT2D eigenvalue weighted by molar-refractivity contribution is 5.91. The molecular formula is C24H28N2O3. The number of hydrogen-bond donors (Lipinski definition) is 1. The zero-order chi connectivity index (χ0) is 20.2. The largest absolute Gasteiger partial charge is 0.495 e. The summed E-state index contributed by atoms with van der Waals surface area (Å²) in [5.74, 6) is 1.74. The number of rotatable bonds is 6. The van der Waals surface area contributed by atoms with Crippen molar-refractivity contribution in [1.82, 2.24) is 0 Å². The molecule has 1 heterocycles. The molecule has 1 aliphatic heterocycles. The summed E-state index contributed by atoms with van der Waals surface area (Å²) in [4.78, 5) is 4.77. The molecule has 0 saturated carbocycles. The number of aliphatic hydroxyl groups excluding tert-OH is 1. The number of para-hydroxylation sites is 2. The van der Waals surface area contributed by atoms with E-state index < -0.39 is 6.10 Å². The zero-order valence-corrected chi connectivity index (χ0v) is 17.0. The van der Waals surface area contributed by atoms with E-state index in [0.717, 1.165) is 59.8 Å². The topological polar surface area (TPSA) is 45.2 Å². The van der Waals surface area contributed by atoms with Crippen LogP contribution in [0, 0.1) is 0 Å². The molecule has 0 radical (unpaired) electrons. The zero-order valence-electron chi connectivity index (χ0n) is 17.0. The van der Waals surface area contributed by atoms with Crippen LogP contribution in [-0.2, 0) is 0 Å². The van der Waals surface area contributed by atoms with Crippen LogP contribution >= 0.6 is 0 Å². The van der Waals surface area contributed by atoms with E-state index >= 15 is 0 Å². The van der Waals surface area contributed by atoms with Crippen molar-refractivity contribution in [3.8, 4) is 11.5 Å². The molecule has 1 fully saturated rings. The van der Waals surface area contributed by atoms with Crippen molar-refractivity contribution in [3.63, 3.8) is 0 Å². The van der Waals surface area contributed by atoms with E-state index in [4.69, 9.17) is 9.47 Å². The fourth-order valence-corrected chi connectivity index (χ4v) is 3.87. The van der Waals surface area contributed by atoms with Gasteiger partial charge in [-0.05, 0) is 30.5 Å². The number of benzene rings is 3. The fourth-order valence-electron chi connectivity index (χ4n) is 3.87. The van der Waals surface area contributed by atoms with Crippen molar-refractivity contribution in [2.45, 2.75) is 13.0 Å². The maximum atomic E-state index is 9.63. The summed E-state index contributed by atoms with van der Waals surface area (Å²) in [7, 11) is 1.72. The molecule has 29 heavy (non-hydrogen) atoms. The standard InChI is InChI=1S/C24H28N2O3/c1-18(27)17-29-24-16-20(15-19-7-3-4-8-21(19)24)25-11-13-26(14-12-25)22-9-5-6-10-23(22)28-2/h3-10,15-16,18,27H,11-14,17H2,1-2H3. The van der Waals surface area contributed by atoms with E-state index in [2.05, 4.69) is 46.2 Å². The number of nitrogens with zero attached hydrogens (tertiary/aromatic N) is 2. The molecule has 0 spiro atoms. The molecule has 0 aromatic heterocycles. The van der Waals surface area contributed by atoms with E-state index in [1.54, 1.807) is 14.0 Å². The second-order valence-electron chi connectivity index (χ2n) is 7.47. The minimum atomic E-state index is -0.498. The average molecular weight is 392 g/mol. The van der Waals surface area contributed by atoms with Gasteiger partial charge in [0.1, 0.15) is 18.1 Å². The van der Waals surface area contributed by atoms with Gasteiger partial charge in [-0.3, -0.25) is 0 Å². The third kappa shape index (κ3) is 4.25. The molecule has 3 aromatic carbocycles. The number of piperazine rings is 1. The SMILES string of the molecule is COc1ccccc1N1CCN(c2cc(OCC(C)O)c3ccccc3c2)CC1. The molecule has 152 valence electrons. The summed E-state index contributed by atoms with van der Waals surface area (Å²) in [5.41, 5.74) is 2.30. The van der Waals surface area contributed by atoms with Gasteiger partial charge in [-0.15, -0.1) is 0 Å². The first-order valence-corrected chi connectivity index (χ1v) is 10.1. The Balaban J connectivity index is 1.55. The summed E-state index contributed by atoms with van der Waals surface area (Å²) in [6.07, 6.45) is -0.498. The molecule has 0 bridgehead atoms. The monoisotopic (exact) mass is 392 g/mol. The number of fused-ring (bicyclic) bond motifs is 1. The van der Waals surface area contributed by atoms with Crippen LogP contribution < -0.4 is 19.3 Å². The van der Waals surface area contributed by atoms with Crippen LogP contribution in [0.4, 0.5) is 11.4 Å². The van der Waals surface area contributed by atoms with Gasteiger partial charge < -0.3 is 24.4 Å². The Morgan fingerprint density at radius 1 is 0.897 bits per heavy atom. The number of anilines is 2. The minimum Gasteiger partial charge on any atom is -0.495 e. The third-order valence-electron chi connectivity index (χ3n) is 5.36. The Hall–Kier alpha value is -2.92. The molecule has 1 N–H and O–H groups in total. The molecule has 1 unspecified atom stereocenters. The summed E-state index contributed by atoms with van der Waals surface area (Å²) >= 11 is 0. The Bertz CT molecular complexity index is 965. The molecule has 5 nitrogen and oxygen atoms in total. The minimum absolute atomic E-state index is 0.287. The number of hydrogen-bond acceptors (Lipinski definition) is 5. The number of ether oxygens (including phenoxy) is 2.